The molecule has 0 fully saturated rings. The summed E-state index contributed by atoms with van der Waals surface area (Å²) >= 11 is 0. The van der Waals surface area contributed by atoms with Crippen LogP contribution in [0.1, 0.15) is 6.92 Å². The Morgan fingerprint density at radius 3 is 2.67 bits per heavy atom. The number of carbonyl (C=O) groups is 1. The fourth-order valence-electron chi connectivity index (χ4n) is 0.342. The monoisotopic (exact) mass is 132 g/mol. The maximum absolute atomic E-state index is 10.4. The number of aliphatic hydroxyl groups is 1. The third kappa shape index (κ3) is 3.78. The van der Waals surface area contributed by atoms with Crippen LogP contribution >= 0.6 is 0 Å². The van der Waals surface area contributed by atoms with Gasteiger partial charge in [0.15, 0.2) is 0 Å². The first kappa shape index (κ1) is 8.23. The van der Waals surface area contributed by atoms with Gasteiger partial charge < -0.3 is 15.7 Å². The van der Waals surface area contributed by atoms with Crippen molar-refractivity contribution < 1.29 is 9.90 Å². The number of hydrogen-bond acceptors (Lipinski definition) is 2. The summed E-state index contributed by atoms with van der Waals surface area (Å²) in [7, 11) is 1.53. The van der Waals surface area contributed by atoms with E-state index in [1.165, 1.54) is 7.05 Å². The highest BCUT2D eigenvalue weighted by molar-refractivity contribution is 5.73. The lowest BCUT2D eigenvalue weighted by molar-refractivity contribution is 0.222. The number of urea groups is 1. The molecule has 0 aromatic rings. The van der Waals surface area contributed by atoms with E-state index in [0.29, 0.717) is 0 Å². The molecule has 0 rings (SSSR count). The van der Waals surface area contributed by atoms with Gasteiger partial charge in [-0.1, -0.05) is 0 Å². The van der Waals surface area contributed by atoms with Gasteiger partial charge in [-0.3, -0.25) is 0 Å². The standard InChI is InChI=1S/C5H12N2O2/c1-4(3-8)7-5(9)6-2/h4,8H,3H2,1-2H3,(H2,6,7,9)/t4-/m1/s1. The molecule has 0 aromatic carbocycles. The van der Waals surface area contributed by atoms with Crippen LogP contribution in [0.3, 0.4) is 0 Å². The van der Waals surface area contributed by atoms with Crippen LogP contribution in [0.15, 0.2) is 0 Å². The Hall–Kier alpha value is -0.770. The number of rotatable bonds is 2. The van der Waals surface area contributed by atoms with Crippen LogP contribution in [0.25, 0.3) is 0 Å². The molecule has 0 radical (unpaired) electrons. The third-order valence-electron chi connectivity index (χ3n) is 0.878. The molecule has 0 heterocycles. The van der Waals surface area contributed by atoms with E-state index < -0.39 is 0 Å². The van der Waals surface area contributed by atoms with E-state index in [0.717, 1.165) is 0 Å². The lowest BCUT2D eigenvalue weighted by atomic mass is 10.4. The van der Waals surface area contributed by atoms with Crippen LogP contribution in [0.5, 0.6) is 0 Å². The third-order valence-corrected chi connectivity index (χ3v) is 0.878. The lowest BCUT2D eigenvalue weighted by Crippen LogP contribution is -2.40. The molecule has 1 atom stereocenters. The molecule has 0 saturated heterocycles. The molecule has 0 aliphatic heterocycles. The van der Waals surface area contributed by atoms with Gasteiger partial charge in [0, 0.05) is 7.05 Å². The molecule has 0 bridgehead atoms. The second-order valence-corrected chi connectivity index (χ2v) is 1.81. The zero-order chi connectivity index (χ0) is 7.28. The lowest BCUT2D eigenvalue weighted by Gasteiger charge is -2.08. The van der Waals surface area contributed by atoms with Crippen molar-refractivity contribution in [3.63, 3.8) is 0 Å². The molecule has 4 heteroatoms. The van der Waals surface area contributed by atoms with E-state index >= 15 is 0 Å². The van der Waals surface area contributed by atoms with Crippen molar-refractivity contribution in [2.24, 2.45) is 0 Å². The van der Waals surface area contributed by atoms with Gasteiger partial charge in [0.05, 0.1) is 12.6 Å². The topological polar surface area (TPSA) is 61.4 Å². The predicted molar refractivity (Wildman–Crippen MR) is 34.1 cm³/mol. The number of hydrogen-bond donors (Lipinski definition) is 3. The van der Waals surface area contributed by atoms with Crippen LogP contribution in [-0.2, 0) is 0 Å². The molecule has 54 valence electrons. The zero-order valence-electron chi connectivity index (χ0n) is 5.64. The van der Waals surface area contributed by atoms with Gasteiger partial charge in [0.2, 0.25) is 0 Å². The number of carbonyl (C=O) groups excluding carboxylic acids is 1. The number of aliphatic hydroxyl groups excluding tert-OH is 1. The van der Waals surface area contributed by atoms with E-state index in [2.05, 4.69) is 10.6 Å². The largest absolute Gasteiger partial charge is 0.394 e. The van der Waals surface area contributed by atoms with Crippen molar-refractivity contribution in [1.82, 2.24) is 10.6 Å². The SMILES string of the molecule is CNC(=O)N[C@H](C)CO. The second-order valence-electron chi connectivity index (χ2n) is 1.81. The van der Waals surface area contributed by atoms with Gasteiger partial charge in [-0.05, 0) is 6.92 Å². The van der Waals surface area contributed by atoms with E-state index in [1.54, 1.807) is 6.92 Å². The molecule has 0 aliphatic rings. The van der Waals surface area contributed by atoms with E-state index in [1.807, 2.05) is 0 Å². The maximum atomic E-state index is 10.4. The molecular formula is C5H12N2O2. The molecule has 4 nitrogen and oxygen atoms in total. The Labute approximate surface area is 54.3 Å². The van der Waals surface area contributed by atoms with E-state index in [9.17, 15) is 4.79 Å². The van der Waals surface area contributed by atoms with Gasteiger partial charge in [0.25, 0.3) is 0 Å². The number of nitrogens with one attached hydrogen (secondary N) is 2. The first-order valence-electron chi connectivity index (χ1n) is 2.79. The summed E-state index contributed by atoms with van der Waals surface area (Å²) in [6, 6.07) is -0.443. The van der Waals surface area contributed by atoms with Gasteiger partial charge in [0.1, 0.15) is 0 Å². The highest BCUT2D eigenvalue weighted by Crippen LogP contribution is 1.75. The molecule has 0 spiro atoms. The van der Waals surface area contributed by atoms with Crippen molar-refractivity contribution in [1.29, 1.82) is 0 Å². The first-order valence-corrected chi connectivity index (χ1v) is 2.79. The van der Waals surface area contributed by atoms with Gasteiger partial charge in [-0.2, -0.15) is 0 Å². The summed E-state index contributed by atoms with van der Waals surface area (Å²) in [5, 5.41) is 13.3. The molecule has 0 aliphatic carbocycles. The van der Waals surface area contributed by atoms with Crippen molar-refractivity contribution in [3.8, 4) is 0 Å². The molecule has 0 saturated carbocycles. The highest BCUT2D eigenvalue weighted by Gasteiger charge is 2.00. The molecule has 0 unspecified atom stereocenters. The van der Waals surface area contributed by atoms with Crippen LogP contribution in [0.4, 0.5) is 4.79 Å². The summed E-state index contributed by atoms with van der Waals surface area (Å²) < 4.78 is 0. The predicted octanol–water partition coefficient (Wildman–Crippen LogP) is -0.704. The number of amides is 2. The van der Waals surface area contributed by atoms with Gasteiger partial charge in [-0.15, -0.1) is 0 Å². The Bertz CT molecular complexity index is 95.0. The minimum atomic E-state index is -0.267. The molecule has 9 heavy (non-hydrogen) atoms. The van der Waals surface area contributed by atoms with Crippen molar-refractivity contribution in [3.05, 3.63) is 0 Å². The minimum absolute atomic E-state index is 0.0343. The quantitative estimate of drug-likeness (QED) is 0.465. The Balaban J connectivity index is 3.34. The fraction of sp³-hybridized carbons (Fsp3) is 0.800. The average molecular weight is 132 g/mol. The summed E-state index contributed by atoms with van der Waals surface area (Å²) in [6.45, 7) is 1.68. The molecular weight excluding hydrogens is 120 g/mol. The maximum Gasteiger partial charge on any atom is 0.314 e. The smallest absolute Gasteiger partial charge is 0.314 e. The Morgan fingerprint density at radius 2 is 2.33 bits per heavy atom. The molecule has 2 amide bonds. The van der Waals surface area contributed by atoms with Crippen molar-refractivity contribution in [2.75, 3.05) is 13.7 Å². The van der Waals surface area contributed by atoms with Crippen LogP contribution in [0, 0.1) is 0 Å². The van der Waals surface area contributed by atoms with Crippen molar-refractivity contribution in [2.45, 2.75) is 13.0 Å². The first-order chi connectivity index (χ1) is 4.20. The fourth-order valence-corrected chi connectivity index (χ4v) is 0.342. The second kappa shape index (κ2) is 4.14. The Kier molecular flexibility index (Phi) is 3.79. The van der Waals surface area contributed by atoms with Crippen LogP contribution in [0.2, 0.25) is 0 Å². The molecule has 0 aromatic heterocycles. The normalized spacial score (nSPS) is 12.3. The van der Waals surface area contributed by atoms with E-state index in [-0.39, 0.29) is 18.7 Å². The summed E-state index contributed by atoms with van der Waals surface area (Å²) in [5.41, 5.74) is 0. The minimum Gasteiger partial charge on any atom is -0.394 e. The summed E-state index contributed by atoms with van der Waals surface area (Å²) in [6.07, 6.45) is 0. The summed E-state index contributed by atoms with van der Waals surface area (Å²) in [4.78, 5) is 10.4. The Morgan fingerprint density at radius 1 is 1.78 bits per heavy atom. The van der Waals surface area contributed by atoms with E-state index in [4.69, 9.17) is 5.11 Å². The van der Waals surface area contributed by atoms with Gasteiger partial charge in [-0.25, -0.2) is 4.79 Å². The summed E-state index contributed by atoms with van der Waals surface area (Å²) in [5.74, 6) is 0. The highest BCUT2D eigenvalue weighted by atomic mass is 16.3. The van der Waals surface area contributed by atoms with Crippen LogP contribution in [-0.4, -0.2) is 30.8 Å². The van der Waals surface area contributed by atoms with Crippen molar-refractivity contribution >= 4 is 6.03 Å². The average Bonchev–Trinajstić information content (AvgIpc) is 1.87. The molecule has 3 N–H and O–H groups in total. The zero-order valence-corrected chi connectivity index (χ0v) is 5.64. The van der Waals surface area contributed by atoms with Gasteiger partial charge >= 0.3 is 6.03 Å². The van der Waals surface area contributed by atoms with Crippen LogP contribution < -0.4 is 10.6 Å².